The van der Waals surface area contributed by atoms with Crippen LogP contribution < -0.4 is 10.0 Å². The molecule has 0 aromatic carbocycles. The molecule has 0 spiro atoms. The molecule has 138 valence electrons. The molecule has 0 fully saturated rings. The van der Waals surface area contributed by atoms with Gasteiger partial charge in [0.05, 0.1) is 17.4 Å². The Morgan fingerprint density at radius 3 is 2.54 bits per heavy atom. The molecule has 0 saturated carbocycles. The molecule has 1 aliphatic rings. The molecule has 1 amide bonds. The average molecular weight is 404 g/mol. The quantitative estimate of drug-likeness (QED) is 0.627. The maximum atomic E-state index is 12.7. The second kappa shape index (κ2) is 6.40. The van der Waals surface area contributed by atoms with Gasteiger partial charge in [0.25, 0.3) is 5.69 Å². The summed E-state index contributed by atoms with van der Waals surface area (Å²) in [4.78, 5) is 11.6. The maximum absolute atomic E-state index is 12.7. The first-order chi connectivity index (χ1) is 12.0. The van der Waals surface area contributed by atoms with Crippen LogP contribution in [0.3, 0.4) is 0 Å². The summed E-state index contributed by atoms with van der Waals surface area (Å²) in [6, 6.07) is 3.96. The molecule has 11 heteroatoms. The minimum absolute atomic E-state index is 0.235. The summed E-state index contributed by atoms with van der Waals surface area (Å²) in [5, 5.41) is 15.5. The van der Waals surface area contributed by atoms with Gasteiger partial charge in [-0.3, -0.25) is 4.79 Å². The standard InChI is InChI=1S/C15H11F3N2O4S2/c16-15(17,18)13-4-3-12(25-13)9-1-2-11(20(22)7-9)14(21)19-10-5-6-26(23,24)8-10/h1-7,10H,8H2,(H,19,21)/t10-/m1/s1. The van der Waals surface area contributed by atoms with Crippen molar-refractivity contribution >= 4 is 27.1 Å². The fourth-order valence-corrected chi connectivity index (χ4v) is 4.45. The summed E-state index contributed by atoms with van der Waals surface area (Å²) in [5.41, 5.74) is -0.0561. The lowest BCUT2D eigenvalue weighted by Gasteiger charge is -2.10. The lowest BCUT2D eigenvalue weighted by atomic mass is 10.2. The maximum Gasteiger partial charge on any atom is 0.425 e. The average Bonchev–Trinajstić information content (AvgIpc) is 3.13. The SMILES string of the molecule is O=C(N[C@@H]1C=CS(=O)(=O)C1)c1ccc(-c2ccc(C(F)(F)F)s2)c[n+]1[O-]. The molecule has 26 heavy (non-hydrogen) atoms. The van der Waals surface area contributed by atoms with Crippen molar-refractivity contribution in [3.05, 3.63) is 57.7 Å². The first-order valence-electron chi connectivity index (χ1n) is 7.18. The molecule has 6 nitrogen and oxygen atoms in total. The van der Waals surface area contributed by atoms with Gasteiger partial charge in [-0.2, -0.15) is 17.9 Å². The molecule has 0 aliphatic carbocycles. The third kappa shape index (κ3) is 3.88. The second-order valence-electron chi connectivity index (χ2n) is 5.53. The number of aromatic nitrogens is 1. The van der Waals surface area contributed by atoms with Gasteiger partial charge in [-0.1, -0.05) is 0 Å². The van der Waals surface area contributed by atoms with Gasteiger partial charge in [0.1, 0.15) is 4.88 Å². The van der Waals surface area contributed by atoms with Crippen LogP contribution in [0.4, 0.5) is 13.2 Å². The van der Waals surface area contributed by atoms with Crippen LogP contribution in [-0.4, -0.2) is 26.1 Å². The topological polar surface area (TPSA) is 90.2 Å². The predicted molar refractivity (Wildman–Crippen MR) is 87.9 cm³/mol. The number of nitrogens with zero attached hydrogens (tertiary/aromatic N) is 1. The van der Waals surface area contributed by atoms with Crippen LogP contribution in [0.2, 0.25) is 0 Å². The van der Waals surface area contributed by atoms with Crippen molar-refractivity contribution in [2.45, 2.75) is 12.2 Å². The summed E-state index contributed by atoms with van der Waals surface area (Å²) in [5.74, 6) is -1.06. The summed E-state index contributed by atoms with van der Waals surface area (Å²) >= 11 is 0.488. The van der Waals surface area contributed by atoms with E-state index in [9.17, 15) is 31.6 Å². The molecule has 3 rings (SSSR count). The molecular formula is C15H11F3N2O4S2. The minimum Gasteiger partial charge on any atom is -0.618 e. The van der Waals surface area contributed by atoms with Gasteiger partial charge in [0.2, 0.25) is 0 Å². The Morgan fingerprint density at radius 1 is 1.27 bits per heavy atom. The van der Waals surface area contributed by atoms with E-state index in [1.54, 1.807) is 0 Å². The Bertz CT molecular complexity index is 997. The predicted octanol–water partition coefficient (Wildman–Crippen LogP) is 2.11. The zero-order valence-corrected chi connectivity index (χ0v) is 14.5. The Hall–Kier alpha value is -2.40. The monoisotopic (exact) mass is 404 g/mol. The highest BCUT2D eigenvalue weighted by Crippen LogP contribution is 2.38. The highest BCUT2D eigenvalue weighted by atomic mass is 32.2. The smallest absolute Gasteiger partial charge is 0.425 e. The number of carbonyl (C=O) groups excluding carboxylic acids is 1. The van der Waals surface area contributed by atoms with E-state index in [4.69, 9.17) is 0 Å². The number of carbonyl (C=O) groups is 1. The molecule has 2 aromatic rings. The first kappa shape index (κ1) is 18.4. The normalized spacial score (nSPS) is 18.8. The Kier molecular flexibility index (Phi) is 4.53. The van der Waals surface area contributed by atoms with E-state index >= 15 is 0 Å². The van der Waals surface area contributed by atoms with E-state index in [0.29, 0.717) is 11.3 Å². The molecule has 2 aromatic heterocycles. The summed E-state index contributed by atoms with van der Waals surface area (Å²) in [6.07, 6.45) is -2.16. The third-order valence-corrected chi connectivity index (χ3v) is 6.14. The Morgan fingerprint density at radius 2 is 2.00 bits per heavy atom. The lowest BCUT2D eigenvalue weighted by Crippen LogP contribution is -2.43. The van der Waals surface area contributed by atoms with Crippen LogP contribution >= 0.6 is 11.3 Å². The van der Waals surface area contributed by atoms with Gasteiger partial charge in [-0.25, -0.2) is 8.42 Å². The molecule has 1 N–H and O–H groups in total. The van der Waals surface area contributed by atoms with E-state index in [2.05, 4.69) is 5.32 Å². The summed E-state index contributed by atoms with van der Waals surface area (Å²) in [6.45, 7) is 0. The zero-order valence-electron chi connectivity index (χ0n) is 12.9. The van der Waals surface area contributed by atoms with E-state index in [1.807, 2.05) is 0 Å². The van der Waals surface area contributed by atoms with Crippen LogP contribution in [0.25, 0.3) is 10.4 Å². The van der Waals surface area contributed by atoms with Crippen molar-refractivity contribution in [2.24, 2.45) is 0 Å². The third-order valence-electron chi connectivity index (χ3n) is 3.56. The van der Waals surface area contributed by atoms with E-state index in [0.717, 1.165) is 17.7 Å². The van der Waals surface area contributed by atoms with Gasteiger partial charge in [0.15, 0.2) is 16.0 Å². The molecule has 0 radical (unpaired) electrons. The Balaban J connectivity index is 1.78. The van der Waals surface area contributed by atoms with Crippen LogP contribution in [-0.2, 0) is 16.0 Å². The second-order valence-corrected chi connectivity index (χ2v) is 8.54. The summed E-state index contributed by atoms with van der Waals surface area (Å²) < 4.78 is 60.8. The molecule has 0 bridgehead atoms. The number of pyridine rings is 1. The fraction of sp³-hybridized carbons (Fsp3) is 0.200. The van der Waals surface area contributed by atoms with Gasteiger partial charge in [-0.05, 0) is 24.3 Å². The number of hydrogen-bond donors (Lipinski definition) is 1. The number of thiophene rings is 1. The number of rotatable bonds is 3. The molecule has 1 atom stereocenters. The van der Waals surface area contributed by atoms with E-state index in [1.165, 1.54) is 24.3 Å². The Labute approximate surface area is 150 Å². The molecule has 0 saturated heterocycles. The van der Waals surface area contributed by atoms with Crippen LogP contribution in [0.15, 0.2) is 41.9 Å². The van der Waals surface area contributed by atoms with Crippen molar-refractivity contribution in [2.75, 3.05) is 5.75 Å². The van der Waals surface area contributed by atoms with Crippen molar-refractivity contribution in [1.82, 2.24) is 5.32 Å². The number of nitrogens with one attached hydrogen (secondary N) is 1. The van der Waals surface area contributed by atoms with Gasteiger partial charge in [0, 0.05) is 16.4 Å². The number of amides is 1. The van der Waals surface area contributed by atoms with E-state index in [-0.39, 0.29) is 26.6 Å². The van der Waals surface area contributed by atoms with Crippen molar-refractivity contribution in [3.63, 3.8) is 0 Å². The summed E-state index contributed by atoms with van der Waals surface area (Å²) in [7, 11) is -3.36. The highest BCUT2D eigenvalue weighted by molar-refractivity contribution is 7.94. The molecule has 0 unspecified atom stereocenters. The molecular weight excluding hydrogens is 393 g/mol. The first-order valence-corrected chi connectivity index (χ1v) is 9.71. The molecule has 1 aliphatic heterocycles. The number of halogens is 3. The molecule has 3 heterocycles. The van der Waals surface area contributed by atoms with Crippen molar-refractivity contribution < 1.29 is 31.1 Å². The van der Waals surface area contributed by atoms with Crippen LogP contribution in [0, 0.1) is 5.21 Å². The van der Waals surface area contributed by atoms with Crippen molar-refractivity contribution in [1.29, 1.82) is 0 Å². The number of sulfone groups is 1. The minimum atomic E-state index is -4.47. The van der Waals surface area contributed by atoms with Crippen LogP contribution in [0.5, 0.6) is 0 Å². The number of alkyl halides is 3. The lowest BCUT2D eigenvalue weighted by molar-refractivity contribution is -0.607. The fourth-order valence-electron chi connectivity index (χ4n) is 2.36. The highest BCUT2D eigenvalue weighted by Gasteiger charge is 2.33. The van der Waals surface area contributed by atoms with Crippen LogP contribution in [0.1, 0.15) is 15.4 Å². The van der Waals surface area contributed by atoms with Gasteiger partial charge in [-0.15, -0.1) is 11.3 Å². The van der Waals surface area contributed by atoms with Crippen molar-refractivity contribution in [3.8, 4) is 10.4 Å². The van der Waals surface area contributed by atoms with Gasteiger partial charge < -0.3 is 10.5 Å². The largest absolute Gasteiger partial charge is 0.618 e. The number of hydrogen-bond acceptors (Lipinski definition) is 5. The zero-order chi connectivity index (χ0) is 19.1. The van der Waals surface area contributed by atoms with E-state index < -0.39 is 32.8 Å². The van der Waals surface area contributed by atoms with Gasteiger partial charge >= 0.3 is 12.1 Å².